The van der Waals surface area contributed by atoms with Crippen molar-refractivity contribution in [2.45, 2.75) is 96.2 Å². The van der Waals surface area contributed by atoms with E-state index in [0.29, 0.717) is 27.7 Å². The van der Waals surface area contributed by atoms with Crippen LogP contribution in [0.3, 0.4) is 0 Å². The minimum atomic E-state index is -3.82. The Hall–Kier alpha value is -2.29. The average Bonchev–Trinajstić information content (AvgIpc) is 2.96. The van der Waals surface area contributed by atoms with Crippen LogP contribution in [0.2, 0.25) is 10.0 Å². The molecule has 0 spiro atoms. The first kappa shape index (κ1) is 33.1. The van der Waals surface area contributed by atoms with Gasteiger partial charge in [0.2, 0.25) is 21.8 Å². The molecule has 6 rings (SSSR count). The fraction of sp³-hybridized carbons (Fsp3) is 0.588. The lowest BCUT2D eigenvalue weighted by molar-refractivity contribution is -0.140. The molecule has 10 heteroatoms. The average molecular weight is 663 g/mol. The maximum Gasteiger partial charge on any atom is 0.244 e. The number of hydrogen-bond donors (Lipinski definition) is 1. The highest BCUT2D eigenvalue weighted by Gasteiger charge is 2.51. The van der Waals surface area contributed by atoms with Crippen molar-refractivity contribution in [3.05, 3.63) is 63.6 Å². The molecular weight excluding hydrogens is 617 g/mol. The third-order valence-electron chi connectivity index (χ3n) is 10.2. The first-order valence-corrected chi connectivity index (χ1v) is 18.5. The van der Waals surface area contributed by atoms with Crippen molar-refractivity contribution in [1.29, 1.82) is 0 Å². The van der Waals surface area contributed by atoms with Gasteiger partial charge in [0.25, 0.3) is 0 Å². The molecule has 0 unspecified atom stereocenters. The van der Waals surface area contributed by atoms with E-state index in [2.05, 4.69) is 17.4 Å². The molecule has 4 bridgehead atoms. The molecule has 0 radical (unpaired) electrons. The maximum absolute atomic E-state index is 14.1. The minimum absolute atomic E-state index is 0.0708. The molecule has 0 aromatic heterocycles. The molecule has 4 saturated carbocycles. The number of nitrogens with zero attached hydrogens (tertiary/aromatic N) is 2. The number of carbonyl (C=O) groups is 2. The summed E-state index contributed by atoms with van der Waals surface area (Å²) >= 11 is 12.4. The summed E-state index contributed by atoms with van der Waals surface area (Å²) < 4.78 is 27.4. The highest BCUT2D eigenvalue weighted by molar-refractivity contribution is 7.92. The number of amides is 2. The zero-order valence-corrected chi connectivity index (χ0v) is 28.5. The molecule has 2 aromatic rings. The number of halogens is 2. The van der Waals surface area contributed by atoms with Gasteiger partial charge >= 0.3 is 0 Å². The van der Waals surface area contributed by atoms with Crippen LogP contribution in [0.25, 0.3) is 0 Å². The second-order valence-corrected chi connectivity index (χ2v) is 16.2. The van der Waals surface area contributed by atoms with Gasteiger partial charge in [-0.05, 0) is 117 Å². The summed E-state index contributed by atoms with van der Waals surface area (Å²) in [4.78, 5) is 28.9. The molecule has 2 aromatic carbocycles. The second kappa shape index (κ2) is 13.2. The van der Waals surface area contributed by atoms with E-state index < -0.39 is 28.5 Å². The number of sulfonamides is 1. The third kappa shape index (κ3) is 7.07. The monoisotopic (exact) mass is 661 g/mol. The van der Waals surface area contributed by atoms with Gasteiger partial charge in [-0.15, -0.1) is 0 Å². The molecule has 0 heterocycles. The summed E-state index contributed by atoms with van der Waals surface area (Å²) in [5.41, 5.74) is 2.61. The predicted octanol–water partition coefficient (Wildman–Crippen LogP) is 6.95. The number of hydrogen-bond acceptors (Lipinski definition) is 4. The van der Waals surface area contributed by atoms with E-state index in [-0.39, 0.29) is 23.9 Å². The van der Waals surface area contributed by atoms with Gasteiger partial charge in [-0.2, -0.15) is 0 Å². The van der Waals surface area contributed by atoms with E-state index >= 15 is 0 Å². The quantitative estimate of drug-likeness (QED) is 0.267. The summed E-state index contributed by atoms with van der Waals surface area (Å²) in [5.74, 6) is 1.66. The fourth-order valence-electron chi connectivity index (χ4n) is 8.25. The van der Waals surface area contributed by atoms with Crippen LogP contribution in [-0.4, -0.2) is 50.0 Å². The molecule has 1 N–H and O–H groups in total. The van der Waals surface area contributed by atoms with Crippen LogP contribution in [0.5, 0.6) is 0 Å². The van der Waals surface area contributed by atoms with Crippen LogP contribution in [0.15, 0.2) is 42.5 Å². The first-order valence-electron chi connectivity index (χ1n) is 15.9. The Labute approximate surface area is 272 Å². The van der Waals surface area contributed by atoms with Gasteiger partial charge < -0.3 is 10.2 Å². The molecule has 2 amide bonds. The summed E-state index contributed by atoms with van der Waals surface area (Å²) in [5, 5.41) is 3.71. The van der Waals surface area contributed by atoms with E-state index in [0.717, 1.165) is 34.7 Å². The molecule has 4 fully saturated rings. The normalized spacial score (nSPS) is 25.4. The van der Waals surface area contributed by atoms with Crippen LogP contribution in [-0.2, 0) is 31.6 Å². The highest BCUT2D eigenvalue weighted by atomic mass is 35.5. The molecule has 240 valence electrons. The Bertz CT molecular complexity index is 1440. The van der Waals surface area contributed by atoms with Gasteiger partial charge in [-0.3, -0.25) is 13.9 Å². The van der Waals surface area contributed by atoms with E-state index in [1.807, 2.05) is 32.9 Å². The van der Waals surface area contributed by atoms with Gasteiger partial charge in [0, 0.05) is 12.6 Å². The zero-order chi connectivity index (χ0) is 31.8. The third-order valence-corrected chi connectivity index (χ3v) is 12.1. The van der Waals surface area contributed by atoms with Gasteiger partial charge in [0.15, 0.2) is 0 Å². The Kier molecular flexibility index (Phi) is 9.93. The SMILES string of the molecule is CC[C@H](C)NC(=O)[C@H](CC)N(Cc1ccc(Cl)c(Cl)c1)C(=O)CN(c1ccc(C23CC4CC(CC(C4)C2)C3)cc1)S(C)(=O)=O. The number of anilines is 1. The predicted molar refractivity (Wildman–Crippen MR) is 177 cm³/mol. The topological polar surface area (TPSA) is 86.8 Å². The van der Waals surface area contributed by atoms with E-state index in [9.17, 15) is 18.0 Å². The van der Waals surface area contributed by atoms with Crippen molar-refractivity contribution in [1.82, 2.24) is 10.2 Å². The number of nitrogens with one attached hydrogen (secondary N) is 1. The van der Waals surface area contributed by atoms with Gasteiger partial charge in [-0.1, -0.05) is 55.2 Å². The van der Waals surface area contributed by atoms with Crippen LogP contribution in [0, 0.1) is 17.8 Å². The van der Waals surface area contributed by atoms with Crippen LogP contribution < -0.4 is 9.62 Å². The summed E-state index contributed by atoms with van der Waals surface area (Å²) in [6.45, 7) is 5.37. The summed E-state index contributed by atoms with van der Waals surface area (Å²) in [6.07, 6.45) is 9.92. The van der Waals surface area contributed by atoms with Crippen molar-refractivity contribution >= 4 is 50.7 Å². The van der Waals surface area contributed by atoms with E-state index in [1.165, 1.54) is 49.0 Å². The van der Waals surface area contributed by atoms with Gasteiger partial charge in [0.05, 0.1) is 22.0 Å². The zero-order valence-electron chi connectivity index (χ0n) is 26.2. The van der Waals surface area contributed by atoms with Crippen molar-refractivity contribution in [3.63, 3.8) is 0 Å². The van der Waals surface area contributed by atoms with Gasteiger partial charge in [0.1, 0.15) is 12.6 Å². The number of benzene rings is 2. The molecule has 0 saturated heterocycles. The maximum atomic E-state index is 14.1. The minimum Gasteiger partial charge on any atom is -0.352 e. The highest BCUT2D eigenvalue weighted by Crippen LogP contribution is 2.60. The largest absolute Gasteiger partial charge is 0.352 e. The lowest BCUT2D eigenvalue weighted by Gasteiger charge is -2.57. The van der Waals surface area contributed by atoms with Crippen LogP contribution in [0.1, 0.15) is 83.3 Å². The standard InChI is InChI=1S/C34H45Cl2N3O4S/c1-5-22(3)37-33(41)31(6-2)38(20-23-7-12-29(35)30(36)16-23)32(40)21-39(44(4,42)43)28-10-8-27(9-11-28)34-17-24-13-25(18-34)15-26(14-24)19-34/h7-12,16,22,24-26,31H,5-6,13-15,17-21H2,1-4H3,(H,37,41)/t22-,24?,25?,26?,31-,34?/m0/s1. The molecule has 0 aliphatic heterocycles. The Morgan fingerprint density at radius 2 is 1.52 bits per heavy atom. The first-order chi connectivity index (χ1) is 20.8. The number of rotatable bonds is 12. The number of carbonyl (C=O) groups excluding carboxylic acids is 2. The molecule has 4 aliphatic rings. The smallest absolute Gasteiger partial charge is 0.244 e. The molecular formula is C34H45Cl2N3O4S. The van der Waals surface area contributed by atoms with E-state index in [4.69, 9.17) is 23.2 Å². The Balaban J connectivity index is 1.41. The van der Waals surface area contributed by atoms with Crippen LogP contribution in [0.4, 0.5) is 5.69 Å². The van der Waals surface area contributed by atoms with Crippen molar-refractivity contribution in [2.24, 2.45) is 17.8 Å². The molecule has 2 atom stereocenters. The van der Waals surface area contributed by atoms with E-state index in [1.54, 1.807) is 18.2 Å². The summed E-state index contributed by atoms with van der Waals surface area (Å²) in [6, 6.07) is 12.0. The molecule has 44 heavy (non-hydrogen) atoms. The van der Waals surface area contributed by atoms with Crippen molar-refractivity contribution < 1.29 is 18.0 Å². The fourth-order valence-corrected chi connectivity index (χ4v) is 9.42. The Morgan fingerprint density at radius 1 is 0.932 bits per heavy atom. The van der Waals surface area contributed by atoms with Crippen LogP contribution >= 0.6 is 23.2 Å². The second-order valence-electron chi connectivity index (χ2n) is 13.5. The molecule has 7 nitrogen and oxygen atoms in total. The van der Waals surface area contributed by atoms with Crippen molar-refractivity contribution in [3.8, 4) is 0 Å². The van der Waals surface area contributed by atoms with Crippen molar-refractivity contribution in [2.75, 3.05) is 17.1 Å². The Morgan fingerprint density at radius 3 is 2.02 bits per heavy atom. The lowest BCUT2D eigenvalue weighted by atomic mass is 9.48. The van der Waals surface area contributed by atoms with Gasteiger partial charge in [-0.25, -0.2) is 8.42 Å². The molecule has 4 aliphatic carbocycles. The summed E-state index contributed by atoms with van der Waals surface area (Å²) in [7, 11) is -3.82. The lowest BCUT2D eigenvalue weighted by Crippen LogP contribution is -2.53.